The predicted molar refractivity (Wildman–Crippen MR) is 106 cm³/mol. The second-order valence-corrected chi connectivity index (χ2v) is 7.01. The highest BCUT2D eigenvalue weighted by Gasteiger charge is 2.24. The smallest absolute Gasteiger partial charge is 0.191 e. The van der Waals surface area contributed by atoms with Gasteiger partial charge < -0.3 is 25.0 Å². The Hall–Kier alpha value is -1.95. The van der Waals surface area contributed by atoms with Gasteiger partial charge in [0.05, 0.1) is 18.9 Å². The lowest BCUT2D eigenvalue weighted by Gasteiger charge is -2.21. The Bertz CT molecular complexity index is 587. The van der Waals surface area contributed by atoms with E-state index in [4.69, 9.17) is 14.5 Å². The van der Waals surface area contributed by atoms with Crippen molar-refractivity contribution in [1.29, 1.82) is 0 Å². The first-order valence-electron chi connectivity index (χ1n) is 9.82. The van der Waals surface area contributed by atoms with E-state index in [2.05, 4.69) is 34.6 Å². The minimum Gasteiger partial charge on any atom is -0.495 e. The third-order valence-electron chi connectivity index (χ3n) is 5.08. The van der Waals surface area contributed by atoms with Crippen molar-refractivity contribution >= 4 is 11.6 Å². The predicted octanol–water partition coefficient (Wildman–Crippen LogP) is 2.26. The van der Waals surface area contributed by atoms with Crippen LogP contribution < -0.4 is 20.3 Å². The quantitative estimate of drug-likeness (QED) is 0.577. The van der Waals surface area contributed by atoms with Crippen LogP contribution in [0.1, 0.15) is 26.2 Å². The first-order chi connectivity index (χ1) is 12.8. The average Bonchev–Trinajstić information content (AvgIpc) is 3.36. The molecule has 1 aromatic rings. The van der Waals surface area contributed by atoms with E-state index in [1.54, 1.807) is 7.11 Å². The van der Waals surface area contributed by atoms with E-state index >= 15 is 0 Å². The van der Waals surface area contributed by atoms with E-state index < -0.39 is 0 Å². The molecule has 2 unspecified atom stereocenters. The van der Waals surface area contributed by atoms with Crippen LogP contribution >= 0.6 is 0 Å². The molecule has 2 aliphatic heterocycles. The van der Waals surface area contributed by atoms with Crippen molar-refractivity contribution in [2.75, 3.05) is 51.3 Å². The molecule has 6 nitrogen and oxygen atoms in total. The van der Waals surface area contributed by atoms with E-state index in [-0.39, 0.29) is 0 Å². The number of nitrogens with zero attached hydrogens (tertiary/aromatic N) is 2. The van der Waals surface area contributed by atoms with Crippen LogP contribution in [0.4, 0.5) is 5.69 Å². The van der Waals surface area contributed by atoms with Crippen LogP contribution in [0.5, 0.6) is 5.75 Å². The van der Waals surface area contributed by atoms with Gasteiger partial charge in [-0.15, -0.1) is 0 Å². The molecule has 0 spiro atoms. The molecule has 0 radical (unpaired) electrons. The van der Waals surface area contributed by atoms with Crippen LogP contribution in [0, 0.1) is 5.92 Å². The maximum Gasteiger partial charge on any atom is 0.191 e. The van der Waals surface area contributed by atoms with Gasteiger partial charge >= 0.3 is 0 Å². The largest absolute Gasteiger partial charge is 0.495 e. The highest BCUT2D eigenvalue weighted by Crippen LogP contribution is 2.31. The number of aliphatic imine (C=N–C) groups is 1. The summed E-state index contributed by atoms with van der Waals surface area (Å²) < 4.78 is 11.2. The van der Waals surface area contributed by atoms with Crippen LogP contribution in [0.2, 0.25) is 0 Å². The molecule has 0 amide bonds. The van der Waals surface area contributed by atoms with E-state index in [1.807, 2.05) is 12.1 Å². The van der Waals surface area contributed by atoms with Gasteiger partial charge in [0.1, 0.15) is 5.75 Å². The molecule has 2 fully saturated rings. The zero-order chi connectivity index (χ0) is 18.2. The van der Waals surface area contributed by atoms with Crippen molar-refractivity contribution in [3.05, 3.63) is 24.3 Å². The first kappa shape index (κ1) is 18.8. The fourth-order valence-electron chi connectivity index (χ4n) is 3.67. The molecule has 2 atom stereocenters. The molecule has 0 aromatic heterocycles. The summed E-state index contributed by atoms with van der Waals surface area (Å²) in [5.41, 5.74) is 1.19. The number of hydrogen-bond donors (Lipinski definition) is 2. The van der Waals surface area contributed by atoms with Gasteiger partial charge in [-0.2, -0.15) is 0 Å². The van der Waals surface area contributed by atoms with Gasteiger partial charge in [-0.3, -0.25) is 4.99 Å². The van der Waals surface area contributed by atoms with Gasteiger partial charge in [0.25, 0.3) is 0 Å². The topological polar surface area (TPSA) is 58.1 Å². The van der Waals surface area contributed by atoms with Crippen molar-refractivity contribution < 1.29 is 9.47 Å². The van der Waals surface area contributed by atoms with Gasteiger partial charge in [-0.1, -0.05) is 12.1 Å². The highest BCUT2D eigenvalue weighted by molar-refractivity contribution is 5.79. The molecule has 3 rings (SSSR count). The Balaban J connectivity index is 1.51. The Labute approximate surface area is 157 Å². The zero-order valence-corrected chi connectivity index (χ0v) is 16.0. The minimum atomic E-state index is 0.325. The summed E-state index contributed by atoms with van der Waals surface area (Å²) in [5.74, 6) is 2.42. The molecule has 0 saturated carbocycles. The number of ether oxygens (including phenoxy) is 2. The van der Waals surface area contributed by atoms with Crippen molar-refractivity contribution in [3.63, 3.8) is 0 Å². The third-order valence-corrected chi connectivity index (χ3v) is 5.08. The lowest BCUT2D eigenvalue weighted by molar-refractivity contribution is 0.114. The molecule has 2 aliphatic rings. The number of para-hydroxylation sites is 2. The highest BCUT2D eigenvalue weighted by atomic mass is 16.5. The fraction of sp³-hybridized carbons (Fsp3) is 0.650. The summed E-state index contributed by atoms with van der Waals surface area (Å²) >= 11 is 0. The first-order valence-corrected chi connectivity index (χ1v) is 9.82. The number of rotatable bonds is 7. The lowest BCUT2D eigenvalue weighted by atomic mass is 10.1. The van der Waals surface area contributed by atoms with E-state index in [1.165, 1.54) is 12.1 Å². The molecule has 26 heavy (non-hydrogen) atoms. The van der Waals surface area contributed by atoms with Crippen LogP contribution in [0.15, 0.2) is 29.3 Å². The second-order valence-electron chi connectivity index (χ2n) is 7.01. The van der Waals surface area contributed by atoms with Gasteiger partial charge in [0.15, 0.2) is 5.96 Å². The Morgan fingerprint density at radius 3 is 2.96 bits per heavy atom. The number of methoxy groups -OCH3 is 1. The second kappa shape index (κ2) is 9.67. The number of guanidine groups is 1. The summed E-state index contributed by atoms with van der Waals surface area (Å²) in [6, 6.07) is 8.25. The van der Waals surface area contributed by atoms with Crippen LogP contribution in [0.3, 0.4) is 0 Å². The average molecular weight is 361 g/mol. The molecule has 6 heteroatoms. The standard InChI is InChI=1S/C20H32N4O2/c1-3-21-20(23-14-17-7-6-12-26-17)22-13-16-10-11-24(15-16)18-8-4-5-9-19(18)25-2/h4-5,8-9,16-17H,3,6-7,10-15H2,1-2H3,(H2,21,22,23). The molecular formula is C20H32N4O2. The summed E-state index contributed by atoms with van der Waals surface area (Å²) in [7, 11) is 1.74. The number of nitrogens with one attached hydrogen (secondary N) is 2. The van der Waals surface area contributed by atoms with Crippen molar-refractivity contribution in [2.24, 2.45) is 10.9 Å². The number of benzene rings is 1. The molecule has 2 saturated heterocycles. The van der Waals surface area contributed by atoms with Gasteiger partial charge in [-0.25, -0.2) is 0 Å². The molecule has 2 heterocycles. The Morgan fingerprint density at radius 1 is 1.31 bits per heavy atom. The maximum atomic E-state index is 5.68. The van der Waals surface area contributed by atoms with E-state index in [0.29, 0.717) is 12.0 Å². The summed E-state index contributed by atoms with van der Waals surface area (Å²) in [5, 5.41) is 6.77. The van der Waals surface area contributed by atoms with Gasteiger partial charge in [0.2, 0.25) is 0 Å². The lowest BCUT2D eigenvalue weighted by Crippen LogP contribution is -2.41. The Morgan fingerprint density at radius 2 is 2.19 bits per heavy atom. The van der Waals surface area contributed by atoms with E-state index in [9.17, 15) is 0 Å². The molecule has 0 aliphatic carbocycles. The van der Waals surface area contributed by atoms with Gasteiger partial charge in [0, 0.05) is 39.3 Å². The van der Waals surface area contributed by atoms with Crippen LogP contribution in [-0.2, 0) is 4.74 Å². The third kappa shape index (κ3) is 5.04. The summed E-state index contributed by atoms with van der Waals surface area (Å²) in [4.78, 5) is 7.22. The molecule has 2 N–H and O–H groups in total. The SMILES string of the molecule is CCNC(=NCC1CCN(c2ccccc2OC)C1)NCC1CCCO1. The van der Waals surface area contributed by atoms with E-state index in [0.717, 1.165) is 63.9 Å². The van der Waals surface area contributed by atoms with Gasteiger partial charge in [-0.05, 0) is 44.2 Å². The molecule has 1 aromatic carbocycles. The Kier molecular flexibility index (Phi) is 7.00. The minimum absolute atomic E-state index is 0.325. The van der Waals surface area contributed by atoms with Crippen molar-refractivity contribution in [2.45, 2.75) is 32.3 Å². The van der Waals surface area contributed by atoms with Crippen molar-refractivity contribution in [1.82, 2.24) is 10.6 Å². The van der Waals surface area contributed by atoms with Crippen LogP contribution in [0.25, 0.3) is 0 Å². The van der Waals surface area contributed by atoms with Crippen LogP contribution in [-0.4, -0.2) is 58.5 Å². The number of hydrogen-bond acceptors (Lipinski definition) is 4. The summed E-state index contributed by atoms with van der Waals surface area (Å²) in [6.45, 7) is 7.62. The molecular weight excluding hydrogens is 328 g/mol. The number of anilines is 1. The fourth-order valence-corrected chi connectivity index (χ4v) is 3.67. The molecule has 0 bridgehead atoms. The maximum absolute atomic E-state index is 5.68. The zero-order valence-electron chi connectivity index (χ0n) is 16.0. The monoisotopic (exact) mass is 360 g/mol. The normalized spacial score (nSPS) is 23.3. The summed E-state index contributed by atoms with van der Waals surface area (Å²) in [6.07, 6.45) is 3.79. The molecule has 144 valence electrons. The van der Waals surface area contributed by atoms with Crippen molar-refractivity contribution in [3.8, 4) is 5.75 Å².